The molecule has 0 amide bonds. The van der Waals surface area contributed by atoms with Crippen LogP contribution in [-0.2, 0) is 5.41 Å². The van der Waals surface area contributed by atoms with Crippen LogP contribution in [-0.4, -0.2) is 12.6 Å². The fourth-order valence-corrected chi connectivity index (χ4v) is 3.66. The van der Waals surface area contributed by atoms with Gasteiger partial charge < -0.3 is 5.32 Å². The molecule has 0 spiro atoms. The molecule has 1 aromatic carbocycles. The largest absolute Gasteiger partial charge is 0.310 e. The molecule has 1 aromatic rings. The van der Waals surface area contributed by atoms with Crippen LogP contribution in [0.3, 0.4) is 0 Å². The highest BCUT2D eigenvalue weighted by Gasteiger charge is 2.51. The Morgan fingerprint density at radius 1 is 1.16 bits per heavy atom. The number of allylic oxidation sites excluding steroid dienone is 1. The van der Waals surface area contributed by atoms with Crippen LogP contribution in [0, 0.1) is 0 Å². The summed E-state index contributed by atoms with van der Waals surface area (Å²) in [5.74, 6) is 0. The van der Waals surface area contributed by atoms with Crippen molar-refractivity contribution in [1.82, 2.24) is 5.32 Å². The van der Waals surface area contributed by atoms with Gasteiger partial charge in [-0.1, -0.05) is 48.9 Å². The first-order chi connectivity index (χ1) is 9.37. The average Bonchev–Trinajstić information content (AvgIpc) is 3.28. The SMILES string of the molecule is CCNC(C1=CCCCC1)C1(c2ccccc2)CC1. The predicted octanol–water partition coefficient (Wildman–Crippen LogP) is 4.20. The standard InChI is InChI=1S/C18H25N/c1-2-19-17(15-9-5-3-6-10-15)18(13-14-18)16-11-7-4-8-12-16/h4,7-9,11-12,17,19H,2-3,5-6,10,13-14H2,1H3. The summed E-state index contributed by atoms with van der Waals surface area (Å²) in [5.41, 5.74) is 3.60. The minimum absolute atomic E-state index is 0.389. The zero-order valence-corrected chi connectivity index (χ0v) is 12.0. The first-order valence-electron chi connectivity index (χ1n) is 7.84. The molecule has 0 bridgehead atoms. The van der Waals surface area contributed by atoms with Crippen molar-refractivity contribution in [2.45, 2.75) is 56.9 Å². The number of benzene rings is 1. The van der Waals surface area contributed by atoms with E-state index in [-0.39, 0.29) is 0 Å². The average molecular weight is 255 g/mol. The molecule has 0 radical (unpaired) electrons. The van der Waals surface area contributed by atoms with Crippen molar-refractivity contribution in [3.8, 4) is 0 Å². The molecule has 1 saturated carbocycles. The van der Waals surface area contributed by atoms with Gasteiger partial charge in [0.2, 0.25) is 0 Å². The van der Waals surface area contributed by atoms with Crippen LogP contribution in [0.15, 0.2) is 42.0 Å². The van der Waals surface area contributed by atoms with Crippen LogP contribution in [0.5, 0.6) is 0 Å². The molecule has 1 nitrogen and oxygen atoms in total. The lowest BCUT2D eigenvalue weighted by Gasteiger charge is -2.32. The molecule has 102 valence electrons. The van der Waals surface area contributed by atoms with Crippen LogP contribution in [0.25, 0.3) is 0 Å². The quantitative estimate of drug-likeness (QED) is 0.778. The molecule has 2 aliphatic carbocycles. The molecule has 0 saturated heterocycles. The lowest BCUT2D eigenvalue weighted by molar-refractivity contribution is 0.451. The van der Waals surface area contributed by atoms with E-state index in [4.69, 9.17) is 0 Å². The normalized spacial score (nSPS) is 22.7. The highest BCUT2D eigenvalue weighted by atomic mass is 14.9. The van der Waals surface area contributed by atoms with Gasteiger partial charge >= 0.3 is 0 Å². The van der Waals surface area contributed by atoms with Crippen molar-refractivity contribution in [2.24, 2.45) is 0 Å². The molecule has 0 aromatic heterocycles. The van der Waals surface area contributed by atoms with Crippen molar-refractivity contribution in [1.29, 1.82) is 0 Å². The van der Waals surface area contributed by atoms with Gasteiger partial charge in [0.1, 0.15) is 0 Å². The van der Waals surface area contributed by atoms with Gasteiger partial charge in [-0.2, -0.15) is 0 Å². The van der Waals surface area contributed by atoms with Gasteiger partial charge in [0.05, 0.1) is 0 Å². The van der Waals surface area contributed by atoms with E-state index in [9.17, 15) is 0 Å². The Morgan fingerprint density at radius 3 is 2.53 bits per heavy atom. The van der Waals surface area contributed by atoms with Crippen LogP contribution < -0.4 is 5.32 Å². The molecule has 1 N–H and O–H groups in total. The fraction of sp³-hybridized carbons (Fsp3) is 0.556. The number of nitrogens with one attached hydrogen (secondary N) is 1. The molecule has 0 aliphatic heterocycles. The van der Waals surface area contributed by atoms with E-state index in [1.807, 2.05) is 0 Å². The molecule has 2 aliphatic rings. The maximum Gasteiger partial charge on any atom is 0.0377 e. The molecule has 1 atom stereocenters. The Morgan fingerprint density at radius 2 is 1.95 bits per heavy atom. The molecule has 1 unspecified atom stereocenters. The Hall–Kier alpha value is -1.08. The molecular formula is C18H25N. The number of hydrogen-bond acceptors (Lipinski definition) is 1. The van der Waals surface area contributed by atoms with Gasteiger partial charge in [-0.15, -0.1) is 0 Å². The predicted molar refractivity (Wildman–Crippen MR) is 81.4 cm³/mol. The van der Waals surface area contributed by atoms with E-state index in [2.05, 4.69) is 48.6 Å². The van der Waals surface area contributed by atoms with Gasteiger partial charge in [-0.3, -0.25) is 0 Å². The van der Waals surface area contributed by atoms with Crippen molar-refractivity contribution < 1.29 is 0 Å². The van der Waals surface area contributed by atoms with Crippen LogP contribution in [0.4, 0.5) is 0 Å². The lowest BCUT2D eigenvalue weighted by Crippen LogP contribution is -2.42. The van der Waals surface area contributed by atoms with Crippen molar-refractivity contribution in [2.75, 3.05) is 6.54 Å². The van der Waals surface area contributed by atoms with Crippen molar-refractivity contribution >= 4 is 0 Å². The summed E-state index contributed by atoms with van der Waals surface area (Å²) in [4.78, 5) is 0. The molecule has 1 fully saturated rings. The third-order valence-electron chi connectivity index (χ3n) is 4.80. The summed E-state index contributed by atoms with van der Waals surface area (Å²) in [5, 5.41) is 3.79. The van der Waals surface area contributed by atoms with E-state index >= 15 is 0 Å². The number of likely N-dealkylation sites (N-methyl/N-ethyl adjacent to an activating group) is 1. The maximum absolute atomic E-state index is 3.79. The van der Waals surface area contributed by atoms with Crippen LogP contribution in [0.1, 0.15) is 51.0 Å². The Labute approximate surface area is 117 Å². The third-order valence-corrected chi connectivity index (χ3v) is 4.80. The lowest BCUT2D eigenvalue weighted by atomic mass is 9.80. The maximum atomic E-state index is 3.79. The van der Waals surface area contributed by atoms with E-state index in [1.165, 1.54) is 44.1 Å². The minimum Gasteiger partial charge on any atom is -0.310 e. The Bertz CT molecular complexity index is 442. The molecule has 3 rings (SSSR count). The summed E-state index contributed by atoms with van der Waals surface area (Å²) in [6, 6.07) is 11.7. The van der Waals surface area contributed by atoms with Gasteiger partial charge in [-0.05, 0) is 50.6 Å². The van der Waals surface area contributed by atoms with Crippen LogP contribution in [0.2, 0.25) is 0 Å². The van der Waals surface area contributed by atoms with Gasteiger partial charge in [-0.25, -0.2) is 0 Å². The van der Waals surface area contributed by atoms with E-state index in [1.54, 1.807) is 5.57 Å². The number of rotatable bonds is 5. The minimum atomic E-state index is 0.389. The molecular weight excluding hydrogens is 230 g/mol. The fourth-order valence-electron chi connectivity index (χ4n) is 3.66. The Kier molecular flexibility index (Phi) is 3.74. The highest BCUT2D eigenvalue weighted by Crippen LogP contribution is 2.53. The summed E-state index contributed by atoms with van der Waals surface area (Å²) >= 11 is 0. The van der Waals surface area contributed by atoms with E-state index < -0.39 is 0 Å². The summed E-state index contributed by atoms with van der Waals surface area (Å²) in [6.07, 6.45) is 10.5. The smallest absolute Gasteiger partial charge is 0.0377 e. The first kappa shape index (κ1) is 12.9. The van der Waals surface area contributed by atoms with Gasteiger partial charge in [0.25, 0.3) is 0 Å². The number of hydrogen-bond donors (Lipinski definition) is 1. The molecule has 1 heteroatoms. The van der Waals surface area contributed by atoms with Crippen LogP contribution >= 0.6 is 0 Å². The zero-order chi connectivity index (χ0) is 13.1. The monoisotopic (exact) mass is 255 g/mol. The van der Waals surface area contributed by atoms with Crippen molar-refractivity contribution in [3.63, 3.8) is 0 Å². The van der Waals surface area contributed by atoms with E-state index in [0.717, 1.165) is 6.54 Å². The van der Waals surface area contributed by atoms with Gasteiger partial charge in [0, 0.05) is 11.5 Å². The summed E-state index contributed by atoms with van der Waals surface area (Å²) in [7, 11) is 0. The molecule has 0 heterocycles. The van der Waals surface area contributed by atoms with E-state index in [0.29, 0.717) is 11.5 Å². The zero-order valence-electron chi connectivity index (χ0n) is 12.0. The highest BCUT2D eigenvalue weighted by molar-refractivity contribution is 5.39. The van der Waals surface area contributed by atoms with Gasteiger partial charge in [0.15, 0.2) is 0 Å². The molecule has 19 heavy (non-hydrogen) atoms. The summed E-state index contributed by atoms with van der Waals surface area (Å²) in [6.45, 7) is 3.30. The topological polar surface area (TPSA) is 12.0 Å². The summed E-state index contributed by atoms with van der Waals surface area (Å²) < 4.78 is 0. The Balaban J connectivity index is 1.89. The van der Waals surface area contributed by atoms with Crippen molar-refractivity contribution in [3.05, 3.63) is 47.5 Å². The second-order valence-corrected chi connectivity index (χ2v) is 6.04. The second kappa shape index (κ2) is 5.50. The second-order valence-electron chi connectivity index (χ2n) is 6.04. The third kappa shape index (κ3) is 2.49. The first-order valence-corrected chi connectivity index (χ1v) is 7.84.